The van der Waals surface area contributed by atoms with E-state index in [2.05, 4.69) is 22.3 Å². The van der Waals surface area contributed by atoms with Crippen molar-refractivity contribution in [3.63, 3.8) is 0 Å². The topological polar surface area (TPSA) is 58.2 Å². The van der Waals surface area contributed by atoms with Gasteiger partial charge in [-0.15, -0.1) is 0 Å². The SMILES string of the molecule is COCc1[nH]nc2c1C(c1ccccc1)N(Cc1ccccc1)C2=O. The average molecular weight is 333 g/mol. The first-order valence-electron chi connectivity index (χ1n) is 8.25. The molecule has 2 heterocycles. The van der Waals surface area contributed by atoms with E-state index in [0.29, 0.717) is 18.8 Å². The van der Waals surface area contributed by atoms with Crippen LogP contribution in [0.3, 0.4) is 0 Å². The second kappa shape index (κ2) is 6.53. The molecule has 4 rings (SSSR count). The Morgan fingerprint density at radius 3 is 2.44 bits per heavy atom. The van der Waals surface area contributed by atoms with Crippen LogP contribution in [0.5, 0.6) is 0 Å². The van der Waals surface area contributed by atoms with E-state index in [1.165, 1.54) is 0 Å². The van der Waals surface area contributed by atoms with Gasteiger partial charge in [-0.2, -0.15) is 5.10 Å². The lowest BCUT2D eigenvalue weighted by Crippen LogP contribution is -2.29. The quantitative estimate of drug-likeness (QED) is 0.779. The van der Waals surface area contributed by atoms with Crippen LogP contribution in [0.1, 0.15) is 38.9 Å². The summed E-state index contributed by atoms with van der Waals surface area (Å²) in [6.45, 7) is 0.945. The molecule has 1 amide bonds. The molecule has 126 valence electrons. The molecule has 0 bridgehead atoms. The highest BCUT2D eigenvalue weighted by Crippen LogP contribution is 2.40. The largest absolute Gasteiger partial charge is 0.378 e. The number of fused-ring (bicyclic) bond motifs is 1. The van der Waals surface area contributed by atoms with Gasteiger partial charge in [0.15, 0.2) is 5.69 Å². The number of nitrogens with zero attached hydrogens (tertiary/aromatic N) is 2. The fraction of sp³-hybridized carbons (Fsp3) is 0.200. The Labute approximate surface area is 146 Å². The van der Waals surface area contributed by atoms with Gasteiger partial charge in [-0.05, 0) is 11.1 Å². The molecule has 1 aromatic heterocycles. The van der Waals surface area contributed by atoms with Crippen LogP contribution >= 0.6 is 0 Å². The maximum Gasteiger partial charge on any atom is 0.275 e. The van der Waals surface area contributed by atoms with Crippen LogP contribution in [-0.2, 0) is 17.9 Å². The van der Waals surface area contributed by atoms with E-state index in [-0.39, 0.29) is 11.9 Å². The van der Waals surface area contributed by atoms with Gasteiger partial charge in [-0.3, -0.25) is 9.89 Å². The highest BCUT2D eigenvalue weighted by Gasteiger charge is 2.41. The fourth-order valence-electron chi connectivity index (χ4n) is 3.43. The second-order valence-corrected chi connectivity index (χ2v) is 6.13. The maximum atomic E-state index is 13.0. The minimum absolute atomic E-state index is 0.0497. The Kier molecular flexibility index (Phi) is 4.07. The van der Waals surface area contributed by atoms with Crippen molar-refractivity contribution in [1.29, 1.82) is 0 Å². The van der Waals surface area contributed by atoms with Crippen molar-refractivity contribution in [1.82, 2.24) is 15.1 Å². The molecule has 5 nitrogen and oxygen atoms in total. The number of hydrogen-bond acceptors (Lipinski definition) is 3. The van der Waals surface area contributed by atoms with Crippen LogP contribution in [0.15, 0.2) is 60.7 Å². The molecule has 0 saturated heterocycles. The molecule has 0 aliphatic carbocycles. The third kappa shape index (κ3) is 2.72. The van der Waals surface area contributed by atoms with Gasteiger partial charge in [0, 0.05) is 19.2 Å². The van der Waals surface area contributed by atoms with Crippen molar-refractivity contribution < 1.29 is 9.53 Å². The summed E-state index contributed by atoms with van der Waals surface area (Å²) in [4.78, 5) is 14.9. The molecule has 0 saturated carbocycles. The Balaban J connectivity index is 1.79. The van der Waals surface area contributed by atoms with Crippen molar-refractivity contribution in [2.24, 2.45) is 0 Å². The predicted octanol–water partition coefficient (Wildman–Crippen LogP) is 3.30. The van der Waals surface area contributed by atoms with Gasteiger partial charge in [0.2, 0.25) is 0 Å². The van der Waals surface area contributed by atoms with E-state index in [9.17, 15) is 4.79 Å². The van der Waals surface area contributed by atoms with Gasteiger partial charge in [0.1, 0.15) is 0 Å². The summed E-state index contributed by atoms with van der Waals surface area (Å²) < 4.78 is 5.28. The number of methoxy groups -OCH3 is 1. The van der Waals surface area contributed by atoms with Crippen molar-refractivity contribution in [2.45, 2.75) is 19.2 Å². The number of aromatic amines is 1. The zero-order valence-corrected chi connectivity index (χ0v) is 14.0. The molecule has 5 heteroatoms. The molecule has 1 aliphatic rings. The zero-order valence-electron chi connectivity index (χ0n) is 14.0. The number of benzene rings is 2. The van der Waals surface area contributed by atoms with Crippen LogP contribution in [0.4, 0.5) is 0 Å². The maximum absolute atomic E-state index is 13.0. The van der Waals surface area contributed by atoms with Crippen LogP contribution < -0.4 is 0 Å². The van der Waals surface area contributed by atoms with Gasteiger partial charge in [-0.25, -0.2) is 0 Å². The monoisotopic (exact) mass is 333 g/mol. The smallest absolute Gasteiger partial charge is 0.275 e. The number of carbonyl (C=O) groups excluding carboxylic acids is 1. The summed E-state index contributed by atoms with van der Waals surface area (Å²) in [7, 11) is 1.64. The molecule has 0 radical (unpaired) electrons. The van der Waals surface area contributed by atoms with E-state index < -0.39 is 0 Å². The summed E-state index contributed by atoms with van der Waals surface area (Å²) in [5.74, 6) is -0.0497. The highest BCUT2D eigenvalue weighted by atomic mass is 16.5. The van der Waals surface area contributed by atoms with Gasteiger partial charge >= 0.3 is 0 Å². The van der Waals surface area contributed by atoms with E-state index in [4.69, 9.17) is 4.74 Å². The highest BCUT2D eigenvalue weighted by molar-refractivity contribution is 5.98. The molecule has 1 unspecified atom stereocenters. The van der Waals surface area contributed by atoms with Crippen LogP contribution in [0.25, 0.3) is 0 Å². The molecule has 1 N–H and O–H groups in total. The number of H-pyrrole nitrogens is 1. The van der Waals surface area contributed by atoms with Gasteiger partial charge in [-0.1, -0.05) is 60.7 Å². The van der Waals surface area contributed by atoms with Crippen molar-refractivity contribution in [3.05, 3.63) is 88.7 Å². The lowest BCUT2D eigenvalue weighted by molar-refractivity contribution is 0.0728. The third-order valence-electron chi connectivity index (χ3n) is 4.53. The first-order valence-corrected chi connectivity index (χ1v) is 8.25. The summed E-state index contributed by atoms with van der Waals surface area (Å²) in [6.07, 6.45) is 0. The number of ether oxygens (including phenoxy) is 1. The van der Waals surface area contributed by atoms with Gasteiger partial charge in [0.05, 0.1) is 18.3 Å². The number of amides is 1. The number of nitrogens with one attached hydrogen (secondary N) is 1. The summed E-state index contributed by atoms with van der Waals surface area (Å²) in [5, 5.41) is 7.24. The Hall–Kier alpha value is -2.92. The molecule has 0 fully saturated rings. The molecule has 25 heavy (non-hydrogen) atoms. The van der Waals surface area contributed by atoms with Crippen molar-refractivity contribution in [3.8, 4) is 0 Å². The molecule has 2 aromatic carbocycles. The molecule has 3 aromatic rings. The average Bonchev–Trinajstić information content (AvgIpc) is 3.17. The Bertz CT molecular complexity index is 874. The molecular formula is C20H19N3O2. The summed E-state index contributed by atoms with van der Waals surface area (Å²) in [5.41, 5.74) is 4.45. The second-order valence-electron chi connectivity index (χ2n) is 6.13. The number of rotatable bonds is 5. The van der Waals surface area contributed by atoms with E-state index >= 15 is 0 Å². The molecule has 1 atom stereocenters. The van der Waals surface area contributed by atoms with Crippen molar-refractivity contribution >= 4 is 5.91 Å². The zero-order chi connectivity index (χ0) is 17.2. The first kappa shape index (κ1) is 15.6. The van der Waals surface area contributed by atoms with E-state index in [1.807, 2.05) is 53.4 Å². The molecular weight excluding hydrogens is 314 g/mol. The number of hydrogen-bond donors (Lipinski definition) is 1. The minimum Gasteiger partial charge on any atom is -0.378 e. The lowest BCUT2D eigenvalue weighted by atomic mass is 9.98. The summed E-state index contributed by atoms with van der Waals surface area (Å²) >= 11 is 0. The predicted molar refractivity (Wildman–Crippen MR) is 93.9 cm³/mol. The Morgan fingerprint density at radius 2 is 1.76 bits per heavy atom. The van der Waals surface area contributed by atoms with Gasteiger partial charge < -0.3 is 9.64 Å². The summed E-state index contributed by atoms with van der Waals surface area (Å²) in [6, 6.07) is 19.9. The standard InChI is InChI=1S/C20H19N3O2/c1-25-13-16-17-18(22-21-16)20(24)23(12-14-8-4-2-5-9-14)19(17)15-10-6-3-7-11-15/h2-11,19H,12-13H2,1H3,(H,21,22). The van der Waals surface area contributed by atoms with Crippen LogP contribution in [-0.4, -0.2) is 28.1 Å². The lowest BCUT2D eigenvalue weighted by Gasteiger charge is -2.26. The Morgan fingerprint density at radius 1 is 1.08 bits per heavy atom. The fourth-order valence-corrected chi connectivity index (χ4v) is 3.43. The first-order chi connectivity index (χ1) is 12.3. The number of carbonyl (C=O) groups is 1. The van der Waals surface area contributed by atoms with Crippen LogP contribution in [0.2, 0.25) is 0 Å². The minimum atomic E-state index is -0.159. The molecule has 0 spiro atoms. The van der Waals surface area contributed by atoms with E-state index in [0.717, 1.165) is 22.4 Å². The third-order valence-corrected chi connectivity index (χ3v) is 4.53. The molecule has 1 aliphatic heterocycles. The van der Waals surface area contributed by atoms with Gasteiger partial charge in [0.25, 0.3) is 5.91 Å². The normalized spacial score (nSPS) is 16.3. The van der Waals surface area contributed by atoms with Crippen LogP contribution in [0, 0.1) is 0 Å². The number of aromatic nitrogens is 2. The van der Waals surface area contributed by atoms with Crippen molar-refractivity contribution in [2.75, 3.05) is 7.11 Å². The van der Waals surface area contributed by atoms with E-state index in [1.54, 1.807) is 7.11 Å².